The first-order valence-corrected chi connectivity index (χ1v) is 8.46. The smallest absolute Gasteiger partial charge is 0.255 e. The molecule has 1 heterocycles. The van der Waals surface area contributed by atoms with Crippen LogP contribution in [0.15, 0.2) is 54.6 Å². The van der Waals surface area contributed by atoms with Gasteiger partial charge in [0, 0.05) is 30.9 Å². The van der Waals surface area contributed by atoms with E-state index in [0.717, 1.165) is 30.8 Å². The lowest BCUT2D eigenvalue weighted by molar-refractivity contribution is 0.0408. The van der Waals surface area contributed by atoms with Crippen molar-refractivity contribution in [1.29, 1.82) is 0 Å². The molecule has 0 spiro atoms. The maximum absolute atomic E-state index is 12.4. The third-order valence-electron chi connectivity index (χ3n) is 4.34. The molecule has 2 aromatic carbocycles. The summed E-state index contributed by atoms with van der Waals surface area (Å²) in [5.41, 5.74) is 2.54. The zero-order valence-corrected chi connectivity index (χ0v) is 14.0. The molecule has 126 valence electrons. The minimum atomic E-state index is -0.252. The van der Waals surface area contributed by atoms with E-state index in [2.05, 4.69) is 17.1 Å². The summed E-state index contributed by atoms with van der Waals surface area (Å²) in [6.45, 7) is 4.61. The van der Waals surface area contributed by atoms with Gasteiger partial charge in [0.15, 0.2) is 0 Å². The van der Waals surface area contributed by atoms with Crippen LogP contribution in [0, 0.1) is 5.92 Å². The Morgan fingerprint density at radius 2 is 1.96 bits per heavy atom. The molecule has 3 rings (SSSR count). The van der Waals surface area contributed by atoms with Crippen LogP contribution in [0.25, 0.3) is 0 Å². The Labute approximate surface area is 143 Å². The van der Waals surface area contributed by atoms with Crippen molar-refractivity contribution in [2.75, 3.05) is 18.4 Å². The number of amides is 1. The number of benzene rings is 2. The van der Waals surface area contributed by atoms with Gasteiger partial charge in [-0.15, -0.1) is 0 Å². The Morgan fingerprint density at radius 1 is 1.17 bits per heavy atom. The molecule has 0 unspecified atom stereocenters. The van der Waals surface area contributed by atoms with Gasteiger partial charge in [0.05, 0.1) is 6.10 Å². The molecule has 1 saturated heterocycles. The average molecular weight is 324 g/mol. The number of aliphatic hydroxyl groups excluding tert-OH is 1. The van der Waals surface area contributed by atoms with E-state index in [1.165, 1.54) is 0 Å². The zero-order valence-electron chi connectivity index (χ0n) is 14.0. The number of β-amino-alcohol motifs (C(OH)–C–C–N with tert-alkyl or cyclic N) is 1. The molecule has 0 radical (unpaired) electrons. The van der Waals surface area contributed by atoms with Crippen LogP contribution >= 0.6 is 0 Å². The van der Waals surface area contributed by atoms with Gasteiger partial charge in [-0.05, 0) is 42.2 Å². The number of carbonyl (C=O) groups is 1. The largest absolute Gasteiger partial charge is 0.392 e. The second-order valence-corrected chi connectivity index (χ2v) is 6.71. The summed E-state index contributed by atoms with van der Waals surface area (Å²) in [5.74, 6) is 0.397. The molecule has 2 aromatic rings. The standard InChI is InChI=1S/C20H24N2O2/c1-15-10-19(23)14-22(12-15)13-16-6-5-7-17(11-16)20(24)21-18-8-3-2-4-9-18/h2-9,11,15,19,23H,10,12-14H2,1H3,(H,21,24)/t15-,19+/m1/s1. The average Bonchev–Trinajstić information content (AvgIpc) is 2.55. The minimum Gasteiger partial charge on any atom is -0.392 e. The van der Waals surface area contributed by atoms with Crippen LogP contribution in [0.3, 0.4) is 0 Å². The summed E-state index contributed by atoms with van der Waals surface area (Å²) in [6, 6.07) is 17.2. The van der Waals surface area contributed by atoms with Gasteiger partial charge >= 0.3 is 0 Å². The van der Waals surface area contributed by atoms with Gasteiger partial charge < -0.3 is 10.4 Å². The molecular formula is C20H24N2O2. The lowest BCUT2D eigenvalue weighted by atomic mass is 9.97. The van der Waals surface area contributed by atoms with Crippen molar-refractivity contribution in [2.45, 2.75) is 26.0 Å². The van der Waals surface area contributed by atoms with Gasteiger partial charge in [-0.1, -0.05) is 37.3 Å². The van der Waals surface area contributed by atoms with E-state index < -0.39 is 0 Å². The summed E-state index contributed by atoms with van der Waals surface area (Å²) in [5, 5.41) is 12.8. The predicted octanol–water partition coefficient (Wildman–Crippen LogP) is 3.14. The zero-order chi connectivity index (χ0) is 16.9. The van der Waals surface area contributed by atoms with Crippen LogP contribution in [0.5, 0.6) is 0 Å². The fourth-order valence-electron chi connectivity index (χ4n) is 3.35. The predicted molar refractivity (Wildman–Crippen MR) is 95.9 cm³/mol. The summed E-state index contributed by atoms with van der Waals surface area (Å²) in [4.78, 5) is 14.7. The lowest BCUT2D eigenvalue weighted by Crippen LogP contribution is -2.41. The highest BCUT2D eigenvalue weighted by molar-refractivity contribution is 6.04. The van der Waals surface area contributed by atoms with Crippen LogP contribution in [0.4, 0.5) is 5.69 Å². The second kappa shape index (κ2) is 7.60. The third kappa shape index (κ3) is 4.43. The number of hydrogen-bond acceptors (Lipinski definition) is 3. The van der Waals surface area contributed by atoms with E-state index in [1.807, 2.05) is 54.6 Å². The molecule has 1 amide bonds. The number of piperidine rings is 1. The van der Waals surface area contributed by atoms with Crippen LogP contribution in [0.1, 0.15) is 29.3 Å². The topological polar surface area (TPSA) is 52.6 Å². The van der Waals surface area contributed by atoms with Crippen LogP contribution in [0.2, 0.25) is 0 Å². The van der Waals surface area contributed by atoms with E-state index in [4.69, 9.17) is 0 Å². The number of rotatable bonds is 4. The molecule has 0 saturated carbocycles. The number of para-hydroxylation sites is 1. The van der Waals surface area contributed by atoms with Crippen LogP contribution in [-0.2, 0) is 6.54 Å². The molecule has 24 heavy (non-hydrogen) atoms. The highest BCUT2D eigenvalue weighted by atomic mass is 16.3. The summed E-state index contributed by atoms with van der Waals surface area (Å²) in [6.07, 6.45) is 0.619. The quantitative estimate of drug-likeness (QED) is 0.908. The summed E-state index contributed by atoms with van der Waals surface area (Å²) in [7, 11) is 0. The molecule has 4 heteroatoms. The Balaban J connectivity index is 1.66. The van der Waals surface area contributed by atoms with E-state index in [0.29, 0.717) is 18.0 Å². The number of hydrogen-bond donors (Lipinski definition) is 2. The third-order valence-corrected chi connectivity index (χ3v) is 4.34. The van der Waals surface area contributed by atoms with Crippen LogP contribution in [-0.4, -0.2) is 35.1 Å². The molecule has 1 aliphatic rings. The van der Waals surface area contributed by atoms with E-state index in [-0.39, 0.29) is 12.0 Å². The van der Waals surface area contributed by atoms with E-state index >= 15 is 0 Å². The van der Waals surface area contributed by atoms with Gasteiger partial charge in [-0.2, -0.15) is 0 Å². The van der Waals surface area contributed by atoms with Crippen LogP contribution < -0.4 is 5.32 Å². The molecule has 2 atom stereocenters. The van der Waals surface area contributed by atoms with Crippen molar-refractivity contribution in [3.05, 3.63) is 65.7 Å². The van der Waals surface area contributed by atoms with Gasteiger partial charge in [0.1, 0.15) is 0 Å². The van der Waals surface area contributed by atoms with Crippen molar-refractivity contribution in [1.82, 2.24) is 4.90 Å². The second-order valence-electron chi connectivity index (χ2n) is 6.71. The Kier molecular flexibility index (Phi) is 5.28. The first-order valence-electron chi connectivity index (χ1n) is 8.46. The van der Waals surface area contributed by atoms with Crippen molar-refractivity contribution in [2.24, 2.45) is 5.92 Å². The molecule has 1 aliphatic heterocycles. The normalized spacial score (nSPS) is 21.4. The first kappa shape index (κ1) is 16.7. The maximum atomic E-state index is 12.4. The van der Waals surface area contributed by atoms with Crippen molar-refractivity contribution in [3.63, 3.8) is 0 Å². The molecule has 4 nitrogen and oxygen atoms in total. The fraction of sp³-hybridized carbons (Fsp3) is 0.350. The SMILES string of the molecule is C[C@@H]1C[C@H](O)CN(Cc2cccc(C(=O)Nc3ccccc3)c2)C1. The molecule has 1 fully saturated rings. The highest BCUT2D eigenvalue weighted by Crippen LogP contribution is 2.19. The van der Waals surface area contributed by atoms with Crippen molar-refractivity contribution >= 4 is 11.6 Å². The summed E-state index contributed by atoms with van der Waals surface area (Å²) >= 11 is 0. The number of carbonyl (C=O) groups excluding carboxylic acids is 1. The number of nitrogens with one attached hydrogen (secondary N) is 1. The minimum absolute atomic E-state index is 0.102. The van der Waals surface area contributed by atoms with E-state index in [1.54, 1.807) is 0 Å². The number of likely N-dealkylation sites (tertiary alicyclic amines) is 1. The first-order chi connectivity index (χ1) is 11.6. The molecule has 2 N–H and O–H groups in total. The molecule has 0 bridgehead atoms. The maximum Gasteiger partial charge on any atom is 0.255 e. The Bertz CT molecular complexity index is 677. The highest BCUT2D eigenvalue weighted by Gasteiger charge is 2.23. The molecular weight excluding hydrogens is 300 g/mol. The molecule has 0 aromatic heterocycles. The molecule has 0 aliphatic carbocycles. The van der Waals surface area contributed by atoms with Gasteiger partial charge in [0.2, 0.25) is 0 Å². The number of anilines is 1. The van der Waals surface area contributed by atoms with Gasteiger partial charge in [0.25, 0.3) is 5.91 Å². The Hall–Kier alpha value is -2.17. The van der Waals surface area contributed by atoms with E-state index in [9.17, 15) is 9.90 Å². The van der Waals surface area contributed by atoms with Crippen molar-refractivity contribution < 1.29 is 9.90 Å². The van der Waals surface area contributed by atoms with Gasteiger partial charge in [-0.25, -0.2) is 0 Å². The van der Waals surface area contributed by atoms with Gasteiger partial charge in [-0.3, -0.25) is 9.69 Å². The van der Waals surface area contributed by atoms with Crippen molar-refractivity contribution in [3.8, 4) is 0 Å². The Morgan fingerprint density at radius 3 is 2.71 bits per heavy atom. The number of aliphatic hydroxyl groups is 1. The summed E-state index contributed by atoms with van der Waals surface area (Å²) < 4.78 is 0. The lowest BCUT2D eigenvalue weighted by Gasteiger charge is -2.34. The monoisotopic (exact) mass is 324 g/mol. The fourth-order valence-corrected chi connectivity index (χ4v) is 3.35. The number of nitrogens with zero attached hydrogens (tertiary/aromatic N) is 1.